The molecule has 1 aromatic carbocycles. The van der Waals surface area contributed by atoms with Gasteiger partial charge in [-0.15, -0.1) is 0 Å². The molecule has 6 heteroatoms. The van der Waals surface area contributed by atoms with Gasteiger partial charge >= 0.3 is 0 Å². The number of amides is 2. The van der Waals surface area contributed by atoms with E-state index in [1.165, 1.54) is 0 Å². The molecule has 1 aliphatic heterocycles. The molecule has 3 rings (SSSR count). The van der Waals surface area contributed by atoms with Gasteiger partial charge in [0.2, 0.25) is 11.8 Å². The molecule has 0 aliphatic carbocycles. The van der Waals surface area contributed by atoms with Crippen LogP contribution >= 0.6 is 0 Å². The van der Waals surface area contributed by atoms with Crippen molar-refractivity contribution in [2.75, 3.05) is 13.1 Å². The standard InChI is InChI=1S/C18H24N4O2/c1-12-20-16-9-14(6-7-17(16)21(12)3)10-19-18(24)15-5-4-8-22(11-15)13(2)23/h6-7,9,15H,4-5,8,10-11H2,1-3H3,(H,19,24)/t15-/m0/s1. The molecule has 24 heavy (non-hydrogen) atoms. The Kier molecular flexibility index (Phi) is 4.55. The monoisotopic (exact) mass is 328 g/mol. The number of likely N-dealkylation sites (tertiary alicyclic amines) is 1. The fraction of sp³-hybridized carbons (Fsp3) is 0.500. The SMILES string of the molecule is CC(=O)N1CCC[C@H](C(=O)NCc2ccc3c(c2)nc(C)n3C)C1. The first-order valence-electron chi connectivity index (χ1n) is 8.41. The van der Waals surface area contributed by atoms with Crippen molar-refractivity contribution in [1.82, 2.24) is 19.8 Å². The number of aryl methyl sites for hydroxylation is 2. The Bertz CT molecular complexity index is 781. The quantitative estimate of drug-likeness (QED) is 0.933. The van der Waals surface area contributed by atoms with Gasteiger partial charge in [0, 0.05) is 33.6 Å². The molecule has 0 bridgehead atoms. The number of imidazole rings is 1. The highest BCUT2D eigenvalue weighted by molar-refractivity contribution is 5.81. The highest BCUT2D eigenvalue weighted by Crippen LogP contribution is 2.18. The van der Waals surface area contributed by atoms with Crippen LogP contribution in [0.4, 0.5) is 0 Å². The number of nitrogens with zero attached hydrogens (tertiary/aromatic N) is 3. The molecule has 1 saturated heterocycles. The molecular formula is C18H24N4O2. The minimum absolute atomic E-state index is 0.0262. The lowest BCUT2D eigenvalue weighted by Gasteiger charge is -2.31. The first-order chi connectivity index (χ1) is 11.5. The fourth-order valence-electron chi connectivity index (χ4n) is 3.29. The largest absolute Gasteiger partial charge is 0.352 e. The van der Waals surface area contributed by atoms with E-state index >= 15 is 0 Å². The third-order valence-corrected chi connectivity index (χ3v) is 4.87. The lowest BCUT2D eigenvalue weighted by Crippen LogP contribution is -2.44. The highest BCUT2D eigenvalue weighted by Gasteiger charge is 2.26. The number of rotatable bonds is 3. The van der Waals surface area contributed by atoms with Crippen molar-refractivity contribution in [3.63, 3.8) is 0 Å². The number of carbonyl (C=O) groups is 2. The normalized spacial score (nSPS) is 18.0. The summed E-state index contributed by atoms with van der Waals surface area (Å²) in [5, 5.41) is 3.00. The summed E-state index contributed by atoms with van der Waals surface area (Å²) in [7, 11) is 2.00. The summed E-state index contributed by atoms with van der Waals surface area (Å²) >= 11 is 0. The summed E-state index contributed by atoms with van der Waals surface area (Å²) in [5.41, 5.74) is 3.07. The van der Waals surface area contributed by atoms with Gasteiger partial charge in [-0.05, 0) is 37.5 Å². The van der Waals surface area contributed by atoms with E-state index in [1.54, 1.807) is 11.8 Å². The number of aromatic nitrogens is 2. The number of hydrogen-bond acceptors (Lipinski definition) is 3. The van der Waals surface area contributed by atoms with E-state index in [0.29, 0.717) is 13.1 Å². The molecule has 2 amide bonds. The van der Waals surface area contributed by atoms with Gasteiger partial charge in [-0.3, -0.25) is 9.59 Å². The highest BCUT2D eigenvalue weighted by atomic mass is 16.2. The molecule has 2 heterocycles. The number of benzene rings is 1. The smallest absolute Gasteiger partial charge is 0.225 e. The molecule has 0 unspecified atom stereocenters. The van der Waals surface area contributed by atoms with Gasteiger partial charge in [0.25, 0.3) is 0 Å². The second-order valence-corrected chi connectivity index (χ2v) is 6.56. The van der Waals surface area contributed by atoms with Crippen LogP contribution < -0.4 is 5.32 Å². The third kappa shape index (κ3) is 3.27. The Morgan fingerprint density at radius 3 is 2.92 bits per heavy atom. The van der Waals surface area contributed by atoms with Crippen LogP contribution in [0, 0.1) is 12.8 Å². The van der Waals surface area contributed by atoms with Crippen LogP contribution in [0.1, 0.15) is 31.2 Å². The number of hydrogen-bond donors (Lipinski definition) is 1. The number of piperidine rings is 1. The summed E-state index contributed by atoms with van der Waals surface area (Å²) in [4.78, 5) is 30.2. The molecule has 0 saturated carbocycles. The van der Waals surface area contributed by atoms with Crippen LogP contribution in [0.15, 0.2) is 18.2 Å². The van der Waals surface area contributed by atoms with E-state index in [2.05, 4.69) is 14.9 Å². The van der Waals surface area contributed by atoms with Crippen molar-refractivity contribution < 1.29 is 9.59 Å². The molecular weight excluding hydrogens is 304 g/mol. The second kappa shape index (κ2) is 6.63. The number of carbonyl (C=O) groups excluding carboxylic acids is 2. The number of nitrogens with one attached hydrogen (secondary N) is 1. The molecule has 1 fully saturated rings. The van der Waals surface area contributed by atoms with Gasteiger partial charge in [0.15, 0.2) is 0 Å². The Labute approximate surface area is 141 Å². The van der Waals surface area contributed by atoms with Gasteiger partial charge < -0.3 is 14.8 Å². The molecule has 1 N–H and O–H groups in total. The van der Waals surface area contributed by atoms with E-state index in [4.69, 9.17) is 0 Å². The molecule has 128 valence electrons. The zero-order valence-electron chi connectivity index (χ0n) is 14.5. The van der Waals surface area contributed by atoms with Crippen LogP contribution in [0.2, 0.25) is 0 Å². The minimum atomic E-state index is -0.108. The van der Waals surface area contributed by atoms with Gasteiger partial charge in [-0.2, -0.15) is 0 Å². The van der Waals surface area contributed by atoms with Crippen LogP contribution in [0.25, 0.3) is 11.0 Å². The predicted octanol–water partition coefficient (Wildman–Crippen LogP) is 1.76. The lowest BCUT2D eigenvalue weighted by molar-refractivity contribution is -0.134. The number of fused-ring (bicyclic) bond motifs is 1. The lowest BCUT2D eigenvalue weighted by atomic mass is 9.97. The zero-order chi connectivity index (χ0) is 17.3. The maximum Gasteiger partial charge on any atom is 0.225 e. The summed E-state index contributed by atoms with van der Waals surface area (Å²) in [6.45, 7) is 5.31. The van der Waals surface area contributed by atoms with Gasteiger partial charge in [-0.1, -0.05) is 6.07 Å². The van der Waals surface area contributed by atoms with Crippen LogP contribution in [0.3, 0.4) is 0 Å². The molecule has 1 atom stereocenters. The maximum atomic E-state index is 12.4. The summed E-state index contributed by atoms with van der Waals surface area (Å²) < 4.78 is 2.05. The van der Waals surface area contributed by atoms with Crippen LogP contribution in [-0.4, -0.2) is 39.4 Å². The van der Waals surface area contributed by atoms with E-state index in [9.17, 15) is 9.59 Å². The predicted molar refractivity (Wildman–Crippen MR) is 92.3 cm³/mol. The minimum Gasteiger partial charge on any atom is -0.352 e. The Morgan fingerprint density at radius 1 is 1.38 bits per heavy atom. The van der Waals surface area contributed by atoms with Crippen LogP contribution in [0.5, 0.6) is 0 Å². The summed E-state index contributed by atoms with van der Waals surface area (Å²) in [5.74, 6) is 0.933. The molecule has 6 nitrogen and oxygen atoms in total. The van der Waals surface area contributed by atoms with Gasteiger partial charge in [0.1, 0.15) is 5.82 Å². The molecule has 1 aliphatic rings. The van der Waals surface area contributed by atoms with Crippen molar-refractivity contribution in [2.24, 2.45) is 13.0 Å². The van der Waals surface area contributed by atoms with Crippen molar-refractivity contribution in [2.45, 2.75) is 33.2 Å². The maximum absolute atomic E-state index is 12.4. The molecule has 1 aromatic heterocycles. The van der Waals surface area contributed by atoms with Crippen molar-refractivity contribution in [1.29, 1.82) is 0 Å². The first kappa shape index (κ1) is 16.5. The van der Waals surface area contributed by atoms with Crippen molar-refractivity contribution >= 4 is 22.8 Å². The zero-order valence-corrected chi connectivity index (χ0v) is 14.5. The van der Waals surface area contributed by atoms with E-state index in [0.717, 1.165) is 41.8 Å². The molecule has 2 aromatic rings. The first-order valence-corrected chi connectivity index (χ1v) is 8.41. The second-order valence-electron chi connectivity index (χ2n) is 6.56. The Hall–Kier alpha value is -2.37. The van der Waals surface area contributed by atoms with Crippen molar-refractivity contribution in [3.05, 3.63) is 29.6 Å². The van der Waals surface area contributed by atoms with Gasteiger partial charge in [0.05, 0.1) is 17.0 Å². The third-order valence-electron chi connectivity index (χ3n) is 4.87. The van der Waals surface area contributed by atoms with E-state index < -0.39 is 0 Å². The average molecular weight is 328 g/mol. The molecule has 0 spiro atoms. The van der Waals surface area contributed by atoms with E-state index in [-0.39, 0.29) is 17.7 Å². The Morgan fingerprint density at radius 2 is 2.17 bits per heavy atom. The summed E-state index contributed by atoms with van der Waals surface area (Å²) in [6, 6.07) is 6.08. The van der Waals surface area contributed by atoms with E-state index in [1.807, 2.05) is 32.2 Å². The van der Waals surface area contributed by atoms with Crippen LogP contribution in [-0.2, 0) is 23.2 Å². The van der Waals surface area contributed by atoms with Crippen molar-refractivity contribution in [3.8, 4) is 0 Å². The topological polar surface area (TPSA) is 67.2 Å². The Balaban J connectivity index is 1.62. The average Bonchev–Trinajstić information content (AvgIpc) is 2.86. The molecule has 0 radical (unpaired) electrons. The fourth-order valence-corrected chi connectivity index (χ4v) is 3.29. The van der Waals surface area contributed by atoms with Gasteiger partial charge in [-0.25, -0.2) is 4.98 Å². The summed E-state index contributed by atoms with van der Waals surface area (Å²) in [6.07, 6.45) is 1.73.